The minimum atomic E-state index is -0.949. The van der Waals surface area contributed by atoms with Gasteiger partial charge in [-0.15, -0.1) is 0 Å². The molecule has 0 spiro atoms. The Hall–Kier alpha value is -3.83. The van der Waals surface area contributed by atoms with Crippen LogP contribution in [0.4, 0.5) is 4.79 Å². The number of carbonyl (C=O) groups is 2. The Morgan fingerprint density at radius 2 is 1.35 bits per heavy atom. The van der Waals surface area contributed by atoms with Gasteiger partial charge in [-0.1, -0.05) is 96.7 Å². The second kappa shape index (κ2) is 9.57. The van der Waals surface area contributed by atoms with E-state index in [0.29, 0.717) is 12.1 Å². The Kier molecular flexibility index (Phi) is 6.19. The van der Waals surface area contributed by atoms with Crippen LogP contribution in [0.15, 0.2) is 107 Å². The maximum absolute atomic E-state index is 12.4. The summed E-state index contributed by atoms with van der Waals surface area (Å²) in [5.41, 5.74) is 6.21. The zero-order chi connectivity index (χ0) is 23.5. The highest BCUT2D eigenvalue weighted by molar-refractivity contribution is 7.99. The maximum atomic E-state index is 12.4. The van der Waals surface area contributed by atoms with E-state index in [4.69, 9.17) is 0 Å². The molecule has 1 aliphatic carbocycles. The predicted octanol–water partition coefficient (Wildman–Crippen LogP) is 6.94. The average molecular weight is 466 g/mol. The van der Waals surface area contributed by atoms with Crippen LogP contribution in [0.3, 0.4) is 0 Å². The van der Waals surface area contributed by atoms with E-state index in [1.165, 1.54) is 27.8 Å². The third-order valence-corrected chi connectivity index (χ3v) is 7.45. The van der Waals surface area contributed by atoms with Gasteiger partial charge in [0.05, 0.1) is 6.54 Å². The van der Waals surface area contributed by atoms with E-state index in [1.54, 1.807) is 6.07 Å². The predicted molar refractivity (Wildman–Crippen MR) is 135 cm³/mol. The first-order chi connectivity index (χ1) is 16.7. The number of benzene rings is 4. The van der Waals surface area contributed by atoms with Crippen molar-refractivity contribution in [2.24, 2.45) is 0 Å². The Morgan fingerprint density at radius 1 is 0.794 bits per heavy atom. The molecule has 0 radical (unpaired) electrons. The normalized spacial score (nSPS) is 12.1. The van der Waals surface area contributed by atoms with Crippen LogP contribution in [0.25, 0.3) is 11.1 Å². The molecule has 5 heteroatoms. The Balaban J connectivity index is 1.44. The van der Waals surface area contributed by atoms with Gasteiger partial charge in [-0.3, -0.25) is 4.79 Å². The lowest BCUT2D eigenvalue weighted by atomic mass is 9.96. The van der Waals surface area contributed by atoms with Crippen LogP contribution in [0.5, 0.6) is 0 Å². The van der Waals surface area contributed by atoms with Crippen LogP contribution in [0, 0.1) is 0 Å². The Morgan fingerprint density at radius 3 is 2.00 bits per heavy atom. The summed E-state index contributed by atoms with van der Waals surface area (Å²) >= 11 is 1.49. The number of fused-ring (bicyclic) bond motifs is 3. The molecule has 4 nitrogen and oxygen atoms in total. The van der Waals surface area contributed by atoms with Crippen molar-refractivity contribution < 1.29 is 14.7 Å². The number of hydrogen-bond donors (Lipinski definition) is 1. The highest BCUT2D eigenvalue weighted by Gasteiger charge is 2.31. The molecule has 1 aliphatic rings. The molecule has 0 saturated heterocycles. The van der Waals surface area contributed by atoms with E-state index in [0.717, 1.165) is 32.8 Å². The summed E-state index contributed by atoms with van der Waals surface area (Å²) in [4.78, 5) is 27.1. The van der Waals surface area contributed by atoms with Crippen molar-refractivity contribution in [3.63, 3.8) is 0 Å². The van der Waals surface area contributed by atoms with Gasteiger partial charge in [0.2, 0.25) is 0 Å². The quantitative estimate of drug-likeness (QED) is 0.300. The molecule has 4 aromatic rings. The molecule has 0 bridgehead atoms. The van der Waals surface area contributed by atoms with Gasteiger partial charge in [0, 0.05) is 27.8 Å². The number of hydrogen-bond acceptors (Lipinski definition) is 3. The molecule has 0 aliphatic heterocycles. The molecule has 0 atom stereocenters. The fraction of sp³-hybridized carbons (Fsp3) is 0.103. The van der Waals surface area contributed by atoms with Crippen LogP contribution < -0.4 is 0 Å². The number of carbonyl (C=O) groups excluding carboxylic acids is 1. The van der Waals surface area contributed by atoms with Gasteiger partial charge in [0.25, 0.3) is 0 Å². The minimum Gasteiger partial charge on any atom is -0.465 e. The van der Waals surface area contributed by atoms with Gasteiger partial charge in [-0.25, -0.2) is 4.79 Å². The van der Waals surface area contributed by atoms with Gasteiger partial charge < -0.3 is 10.0 Å². The number of nitrogens with zero attached hydrogens (tertiary/aromatic N) is 1. The summed E-state index contributed by atoms with van der Waals surface area (Å²) in [6, 6.07) is 31.7. The Labute approximate surface area is 202 Å². The highest BCUT2D eigenvalue weighted by Crippen LogP contribution is 2.45. The molecule has 5 rings (SSSR count). The van der Waals surface area contributed by atoms with Gasteiger partial charge in [0.1, 0.15) is 0 Å². The highest BCUT2D eigenvalue weighted by atomic mass is 32.2. The zero-order valence-electron chi connectivity index (χ0n) is 18.4. The van der Waals surface area contributed by atoms with Crippen LogP contribution in [0.2, 0.25) is 0 Å². The van der Waals surface area contributed by atoms with Gasteiger partial charge in [0.15, 0.2) is 6.29 Å². The summed E-state index contributed by atoms with van der Waals surface area (Å²) in [6.07, 6.45) is -0.0984. The fourth-order valence-corrected chi connectivity index (χ4v) is 5.64. The summed E-state index contributed by atoms with van der Waals surface area (Å²) in [5, 5.41) is 10.1. The second-order valence-electron chi connectivity index (χ2n) is 8.26. The first-order valence-corrected chi connectivity index (χ1v) is 11.9. The molecule has 4 aromatic carbocycles. The molecule has 0 aromatic heterocycles. The fourth-order valence-electron chi connectivity index (χ4n) is 4.62. The lowest BCUT2D eigenvalue weighted by molar-refractivity contribution is 0.112. The van der Waals surface area contributed by atoms with Crippen LogP contribution >= 0.6 is 11.8 Å². The van der Waals surface area contributed by atoms with E-state index < -0.39 is 6.09 Å². The molecule has 0 saturated carbocycles. The smallest absolute Gasteiger partial charge is 0.407 e. The van der Waals surface area contributed by atoms with Crippen molar-refractivity contribution >= 4 is 24.1 Å². The largest absolute Gasteiger partial charge is 0.465 e. The summed E-state index contributed by atoms with van der Waals surface area (Å²) in [5.74, 6) is -0.0147. The number of amides is 1. The number of aldehydes is 1. The molecule has 1 amide bonds. The van der Waals surface area contributed by atoms with Gasteiger partial charge in [-0.05, 0) is 39.9 Å². The molecule has 34 heavy (non-hydrogen) atoms. The van der Waals surface area contributed by atoms with E-state index >= 15 is 0 Å². The van der Waals surface area contributed by atoms with Crippen LogP contribution in [-0.4, -0.2) is 28.9 Å². The number of carboxylic acid groups (broad SMARTS) is 1. The van der Waals surface area contributed by atoms with Crippen molar-refractivity contribution in [1.29, 1.82) is 0 Å². The first-order valence-electron chi connectivity index (χ1n) is 11.1. The van der Waals surface area contributed by atoms with Crippen LogP contribution in [0.1, 0.15) is 33.0 Å². The summed E-state index contributed by atoms with van der Waals surface area (Å²) < 4.78 is 0. The molecular formula is C29H23NO3S. The molecule has 168 valence electrons. The first kappa shape index (κ1) is 22.0. The SMILES string of the molecule is O=Cc1ccccc1Sc1ccccc1CN(CC1c2ccccc2-c2ccccc21)C(=O)O. The van der Waals surface area contributed by atoms with Crippen molar-refractivity contribution in [2.45, 2.75) is 22.3 Å². The third-order valence-electron chi connectivity index (χ3n) is 6.24. The molecular weight excluding hydrogens is 442 g/mol. The average Bonchev–Trinajstić information content (AvgIpc) is 3.18. The van der Waals surface area contributed by atoms with Crippen molar-refractivity contribution in [2.75, 3.05) is 6.54 Å². The van der Waals surface area contributed by atoms with E-state index in [1.807, 2.05) is 66.7 Å². The molecule has 0 fully saturated rings. The monoisotopic (exact) mass is 465 g/mol. The molecule has 1 N–H and O–H groups in total. The van der Waals surface area contributed by atoms with Gasteiger partial charge >= 0.3 is 6.09 Å². The minimum absolute atomic E-state index is 0.0147. The van der Waals surface area contributed by atoms with E-state index in [2.05, 4.69) is 24.3 Å². The van der Waals surface area contributed by atoms with Crippen molar-refractivity contribution in [3.8, 4) is 11.1 Å². The molecule has 0 unspecified atom stereocenters. The van der Waals surface area contributed by atoms with Gasteiger partial charge in [-0.2, -0.15) is 0 Å². The topological polar surface area (TPSA) is 57.6 Å². The molecule has 0 heterocycles. The second-order valence-corrected chi connectivity index (χ2v) is 9.34. The van der Waals surface area contributed by atoms with E-state index in [-0.39, 0.29) is 12.5 Å². The van der Waals surface area contributed by atoms with Crippen molar-refractivity contribution in [1.82, 2.24) is 4.90 Å². The third kappa shape index (κ3) is 4.22. The van der Waals surface area contributed by atoms with Crippen molar-refractivity contribution in [3.05, 3.63) is 119 Å². The lowest BCUT2D eigenvalue weighted by Crippen LogP contribution is -2.33. The summed E-state index contributed by atoms with van der Waals surface area (Å²) in [6.45, 7) is 0.635. The lowest BCUT2D eigenvalue weighted by Gasteiger charge is -2.25. The maximum Gasteiger partial charge on any atom is 0.407 e. The summed E-state index contributed by atoms with van der Waals surface area (Å²) in [7, 11) is 0. The number of rotatable bonds is 7. The van der Waals surface area contributed by atoms with Crippen LogP contribution in [-0.2, 0) is 6.54 Å². The zero-order valence-corrected chi connectivity index (χ0v) is 19.2. The Bertz CT molecular complexity index is 1320. The standard InChI is InChI=1S/C29H23NO3S/c31-19-21-10-2-8-16-28(21)34-27-15-7-1-9-20(27)17-30(29(32)33)18-26-24-13-5-3-11-22(24)23-12-4-6-14-25(23)26/h1-16,19,26H,17-18H2,(H,32,33). The van der Waals surface area contributed by atoms with E-state index in [9.17, 15) is 14.7 Å².